The average Bonchev–Trinajstić information content (AvgIpc) is 3.32. The Morgan fingerprint density at radius 3 is 2.55 bits per heavy atom. The van der Waals surface area contributed by atoms with Crippen molar-refractivity contribution in [2.45, 2.75) is 0 Å². The highest BCUT2D eigenvalue weighted by molar-refractivity contribution is 7.92. The number of hydrogen-bond donors (Lipinski definition) is 2. The van der Waals surface area contributed by atoms with Crippen molar-refractivity contribution in [2.24, 2.45) is 0 Å². The zero-order valence-corrected chi connectivity index (χ0v) is 18.1. The van der Waals surface area contributed by atoms with E-state index in [1.165, 1.54) is 36.3 Å². The van der Waals surface area contributed by atoms with Gasteiger partial charge in [-0.2, -0.15) is 4.98 Å². The molecule has 11 nitrogen and oxygen atoms in total. The summed E-state index contributed by atoms with van der Waals surface area (Å²) >= 11 is 0. The maximum Gasteiger partial charge on any atom is 0.232 e. The van der Waals surface area contributed by atoms with E-state index in [0.717, 1.165) is 16.8 Å². The molecule has 14 heteroatoms. The SMILES string of the molecule is CN(c1ccccc1Nc1nc(Nc2cc(-n3cnnn3)ccc2F)ncc1F)S(C)(=O)=O. The van der Waals surface area contributed by atoms with Crippen molar-refractivity contribution in [3.8, 4) is 5.69 Å². The van der Waals surface area contributed by atoms with Gasteiger partial charge in [0.2, 0.25) is 16.0 Å². The zero-order chi connectivity index (χ0) is 23.6. The summed E-state index contributed by atoms with van der Waals surface area (Å²) in [6, 6.07) is 10.5. The summed E-state index contributed by atoms with van der Waals surface area (Å²) in [6.45, 7) is 0. The molecule has 33 heavy (non-hydrogen) atoms. The molecule has 4 rings (SSSR count). The molecule has 0 aliphatic rings. The number of tetrazole rings is 1. The average molecular weight is 473 g/mol. The molecule has 0 saturated carbocycles. The number of nitrogens with one attached hydrogen (secondary N) is 2. The normalized spacial score (nSPS) is 11.3. The quantitative estimate of drug-likeness (QED) is 0.416. The maximum atomic E-state index is 14.4. The Morgan fingerprint density at radius 1 is 1.03 bits per heavy atom. The van der Waals surface area contributed by atoms with E-state index in [1.807, 2.05) is 0 Å². The van der Waals surface area contributed by atoms with Gasteiger partial charge in [-0.05, 0) is 40.8 Å². The summed E-state index contributed by atoms with van der Waals surface area (Å²) < 4.78 is 55.1. The molecule has 2 N–H and O–H groups in total. The summed E-state index contributed by atoms with van der Waals surface area (Å²) in [7, 11) is -2.19. The Kier molecular flexibility index (Phi) is 5.83. The third kappa shape index (κ3) is 4.85. The number of aromatic nitrogens is 6. The van der Waals surface area contributed by atoms with E-state index in [0.29, 0.717) is 11.4 Å². The van der Waals surface area contributed by atoms with Crippen LogP contribution in [0.5, 0.6) is 0 Å². The van der Waals surface area contributed by atoms with Gasteiger partial charge in [-0.15, -0.1) is 5.10 Å². The second kappa shape index (κ2) is 8.74. The predicted molar refractivity (Wildman–Crippen MR) is 117 cm³/mol. The summed E-state index contributed by atoms with van der Waals surface area (Å²) in [5, 5.41) is 16.3. The van der Waals surface area contributed by atoms with Crippen LogP contribution in [0.2, 0.25) is 0 Å². The van der Waals surface area contributed by atoms with E-state index in [1.54, 1.807) is 24.3 Å². The third-order valence-corrected chi connectivity index (χ3v) is 5.74. The van der Waals surface area contributed by atoms with Gasteiger partial charge in [-0.1, -0.05) is 12.1 Å². The third-order valence-electron chi connectivity index (χ3n) is 4.55. The largest absolute Gasteiger partial charge is 0.336 e. The van der Waals surface area contributed by atoms with Crippen molar-refractivity contribution in [3.63, 3.8) is 0 Å². The summed E-state index contributed by atoms with van der Waals surface area (Å²) in [6.07, 6.45) is 3.30. The lowest BCUT2D eigenvalue weighted by molar-refractivity contribution is 0.600. The van der Waals surface area contributed by atoms with Crippen LogP contribution < -0.4 is 14.9 Å². The lowest BCUT2D eigenvalue weighted by atomic mass is 10.2. The fourth-order valence-electron chi connectivity index (χ4n) is 2.83. The molecule has 0 saturated heterocycles. The van der Waals surface area contributed by atoms with Crippen LogP contribution in [0, 0.1) is 11.6 Å². The fourth-order valence-corrected chi connectivity index (χ4v) is 3.34. The highest BCUT2D eigenvalue weighted by Crippen LogP contribution is 2.30. The topological polar surface area (TPSA) is 131 Å². The zero-order valence-electron chi connectivity index (χ0n) is 17.3. The molecule has 0 atom stereocenters. The minimum Gasteiger partial charge on any atom is -0.336 e. The molecular formula is C19H17F2N9O2S. The van der Waals surface area contributed by atoms with Gasteiger partial charge < -0.3 is 10.6 Å². The number of halogens is 2. The number of sulfonamides is 1. The summed E-state index contributed by atoms with van der Waals surface area (Å²) in [5.41, 5.74) is 1.06. The van der Waals surface area contributed by atoms with Crippen molar-refractivity contribution in [2.75, 3.05) is 28.2 Å². The molecule has 0 aliphatic heterocycles. The van der Waals surface area contributed by atoms with Gasteiger partial charge >= 0.3 is 0 Å². The molecule has 2 aromatic carbocycles. The van der Waals surface area contributed by atoms with Crippen LogP contribution in [0.4, 0.5) is 37.6 Å². The summed E-state index contributed by atoms with van der Waals surface area (Å²) in [5.74, 6) is -1.73. The van der Waals surface area contributed by atoms with Crippen molar-refractivity contribution in [1.82, 2.24) is 30.2 Å². The van der Waals surface area contributed by atoms with Gasteiger partial charge in [0, 0.05) is 7.05 Å². The van der Waals surface area contributed by atoms with Crippen molar-refractivity contribution >= 4 is 38.9 Å². The van der Waals surface area contributed by atoms with Gasteiger partial charge in [0.25, 0.3) is 0 Å². The number of rotatable bonds is 7. The van der Waals surface area contributed by atoms with Gasteiger partial charge in [-0.3, -0.25) is 4.31 Å². The number of hydrogen-bond acceptors (Lipinski definition) is 9. The molecule has 0 aliphatic carbocycles. The van der Waals surface area contributed by atoms with Crippen LogP contribution >= 0.6 is 0 Å². The molecule has 0 amide bonds. The number of para-hydroxylation sites is 2. The van der Waals surface area contributed by atoms with Gasteiger partial charge in [0.05, 0.1) is 35.2 Å². The molecule has 0 spiro atoms. The Morgan fingerprint density at radius 2 is 1.82 bits per heavy atom. The first-order valence-electron chi connectivity index (χ1n) is 9.35. The molecule has 4 aromatic rings. The fraction of sp³-hybridized carbons (Fsp3) is 0.105. The van der Waals surface area contributed by atoms with E-state index in [9.17, 15) is 17.2 Å². The lowest BCUT2D eigenvalue weighted by Gasteiger charge is -2.20. The molecule has 2 aromatic heterocycles. The minimum absolute atomic E-state index is 0.0118. The lowest BCUT2D eigenvalue weighted by Crippen LogP contribution is -2.25. The Hall–Kier alpha value is -4.20. The second-order valence-electron chi connectivity index (χ2n) is 6.81. The van der Waals surface area contributed by atoms with E-state index in [-0.39, 0.29) is 23.1 Å². The second-order valence-corrected chi connectivity index (χ2v) is 8.82. The van der Waals surface area contributed by atoms with E-state index in [4.69, 9.17) is 0 Å². The molecule has 0 fully saturated rings. The Balaban J connectivity index is 1.64. The van der Waals surface area contributed by atoms with E-state index < -0.39 is 21.7 Å². The molecule has 0 bridgehead atoms. The van der Waals surface area contributed by atoms with E-state index in [2.05, 4.69) is 36.1 Å². The first-order valence-corrected chi connectivity index (χ1v) is 11.2. The molecule has 0 radical (unpaired) electrons. The van der Waals surface area contributed by atoms with Crippen molar-refractivity contribution in [1.29, 1.82) is 0 Å². The van der Waals surface area contributed by atoms with Gasteiger partial charge in [-0.25, -0.2) is 26.9 Å². The van der Waals surface area contributed by atoms with Crippen molar-refractivity contribution < 1.29 is 17.2 Å². The first kappa shape index (κ1) is 22.0. The number of anilines is 5. The molecule has 2 heterocycles. The maximum absolute atomic E-state index is 14.4. The van der Waals surface area contributed by atoms with Gasteiger partial charge in [0.1, 0.15) is 12.1 Å². The first-order chi connectivity index (χ1) is 15.7. The molecule has 0 unspecified atom stereocenters. The van der Waals surface area contributed by atoms with Crippen LogP contribution in [-0.4, -0.2) is 51.9 Å². The highest BCUT2D eigenvalue weighted by Gasteiger charge is 2.17. The van der Waals surface area contributed by atoms with Crippen molar-refractivity contribution in [3.05, 3.63) is 66.6 Å². The molecular weight excluding hydrogens is 456 g/mol. The van der Waals surface area contributed by atoms with Crippen LogP contribution in [0.25, 0.3) is 5.69 Å². The van der Waals surface area contributed by atoms with Crippen LogP contribution in [0.15, 0.2) is 55.0 Å². The highest BCUT2D eigenvalue weighted by atomic mass is 32.2. The summed E-state index contributed by atoms with van der Waals surface area (Å²) in [4.78, 5) is 7.92. The monoisotopic (exact) mass is 473 g/mol. The smallest absolute Gasteiger partial charge is 0.232 e. The Labute approximate surface area is 187 Å². The number of nitrogens with zero attached hydrogens (tertiary/aromatic N) is 7. The van der Waals surface area contributed by atoms with Gasteiger partial charge in [0.15, 0.2) is 11.6 Å². The van der Waals surface area contributed by atoms with Crippen LogP contribution in [0.3, 0.4) is 0 Å². The Bertz CT molecular complexity index is 1400. The van der Waals surface area contributed by atoms with Crippen LogP contribution in [0.1, 0.15) is 0 Å². The minimum atomic E-state index is -3.56. The van der Waals surface area contributed by atoms with Crippen LogP contribution in [-0.2, 0) is 10.0 Å². The number of benzene rings is 2. The molecule has 170 valence electrons. The predicted octanol–water partition coefficient (Wildman–Crippen LogP) is 2.61. The van der Waals surface area contributed by atoms with E-state index >= 15 is 0 Å². The standard InChI is InChI=1S/C19H17F2N9O2S/c1-29(33(2,31)32)17-6-4-3-5-15(17)24-18-14(21)10-22-19(26-18)25-16-9-12(7-8-13(16)20)30-11-23-27-28-30/h3-11H,1-2H3,(H2,22,24,25,26).